The van der Waals surface area contributed by atoms with E-state index in [1.54, 1.807) is 6.20 Å². The minimum atomic E-state index is -0.451. The highest BCUT2D eigenvalue weighted by Crippen LogP contribution is 2.27. The molecule has 0 saturated carbocycles. The van der Waals surface area contributed by atoms with Crippen LogP contribution in [0.2, 0.25) is 0 Å². The van der Waals surface area contributed by atoms with Crippen molar-refractivity contribution in [3.05, 3.63) is 23.7 Å². The molecule has 0 unspecified atom stereocenters. The number of hydrogen-bond donors (Lipinski definition) is 2. The van der Waals surface area contributed by atoms with Crippen molar-refractivity contribution in [3.8, 4) is 0 Å². The second-order valence-electron chi connectivity index (χ2n) is 8.69. The molecule has 2 aromatic rings. The van der Waals surface area contributed by atoms with E-state index in [0.717, 1.165) is 16.9 Å². The number of aryl methyl sites for hydroxylation is 1. The summed E-state index contributed by atoms with van der Waals surface area (Å²) >= 11 is 0. The third-order valence-corrected chi connectivity index (χ3v) is 4.82. The molecule has 28 heavy (non-hydrogen) atoms. The van der Waals surface area contributed by atoms with Crippen LogP contribution in [0.1, 0.15) is 70.1 Å². The van der Waals surface area contributed by atoms with Crippen molar-refractivity contribution < 1.29 is 14.6 Å². The summed E-state index contributed by atoms with van der Waals surface area (Å²) < 4.78 is 7.78. The Hall–Kier alpha value is -1.83. The maximum absolute atomic E-state index is 12.6. The number of ether oxygens (including phenoxy) is 1. The Labute approximate surface area is 167 Å². The number of nitrogens with zero attached hydrogens (tertiary/aromatic N) is 3. The molecule has 0 spiro atoms. The summed E-state index contributed by atoms with van der Waals surface area (Å²) in [7, 11) is 1.95. The van der Waals surface area contributed by atoms with E-state index in [1.807, 2.05) is 31.5 Å². The van der Waals surface area contributed by atoms with E-state index in [1.165, 1.54) is 0 Å². The largest absolute Gasteiger partial charge is 0.395 e. The average Bonchev–Trinajstić information content (AvgIpc) is 2.96. The Balaban J connectivity index is 2.08. The standard InChI is InChI=1S/C21H34N4O3/c1-13(2)28-18(14(22)12-26)9-7-8-17(27)16-11-23-15-10-19(21(3,4)5)25(6)20(15)24-16/h10-11,13-14,18,26H,7-9,12,22H2,1-6H3/t14-,18+/m0/s1. The second kappa shape index (κ2) is 9.11. The number of hydrogen-bond acceptors (Lipinski definition) is 6. The first-order valence-corrected chi connectivity index (χ1v) is 9.92. The van der Waals surface area contributed by atoms with Crippen molar-refractivity contribution in [2.24, 2.45) is 12.8 Å². The van der Waals surface area contributed by atoms with Crippen LogP contribution < -0.4 is 5.73 Å². The van der Waals surface area contributed by atoms with E-state index >= 15 is 0 Å². The highest BCUT2D eigenvalue weighted by atomic mass is 16.5. The smallest absolute Gasteiger partial charge is 0.182 e. The van der Waals surface area contributed by atoms with E-state index in [-0.39, 0.29) is 30.0 Å². The lowest BCUT2D eigenvalue weighted by atomic mass is 9.92. The molecule has 3 N–H and O–H groups in total. The predicted molar refractivity (Wildman–Crippen MR) is 110 cm³/mol. The van der Waals surface area contributed by atoms with Crippen molar-refractivity contribution in [2.45, 2.75) is 77.5 Å². The zero-order valence-electron chi connectivity index (χ0n) is 17.9. The highest BCUT2D eigenvalue weighted by Gasteiger charge is 2.22. The topological polar surface area (TPSA) is 103 Å². The number of aromatic nitrogens is 3. The number of Topliss-reactive ketones (excluding diaryl/α,β-unsaturated/α-hetero) is 1. The summed E-state index contributed by atoms with van der Waals surface area (Å²) in [5.74, 6) is -0.0474. The molecule has 2 heterocycles. The van der Waals surface area contributed by atoms with Crippen molar-refractivity contribution >= 4 is 16.9 Å². The average molecular weight is 391 g/mol. The number of nitrogens with two attached hydrogens (primary N) is 1. The van der Waals surface area contributed by atoms with Crippen LogP contribution in [0, 0.1) is 0 Å². The molecule has 0 amide bonds. The lowest BCUT2D eigenvalue weighted by Gasteiger charge is -2.24. The Kier molecular flexibility index (Phi) is 7.31. The first-order valence-electron chi connectivity index (χ1n) is 9.92. The number of fused-ring (bicyclic) bond motifs is 1. The van der Waals surface area contributed by atoms with Gasteiger partial charge in [0.1, 0.15) is 11.2 Å². The molecule has 2 aromatic heterocycles. The first kappa shape index (κ1) is 22.5. The van der Waals surface area contributed by atoms with Gasteiger partial charge in [-0.2, -0.15) is 0 Å². The van der Waals surface area contributed by atoms with Crippen molar-refractivity contribution in [2.75, 3.05) is 6.61 Å². The maximum atomic E-state index is 12.6. The molecule has 0 aliphatic heterocycles. The molecule has 2 atom stereocenters. The van der Waals surface area contributed by atoms with Gasteiger partial charge in [-0.25, -0.2) is 4.98 Å². The summed E-state index contributed by atoms with van der Waals surface area (Å²) in [4.78, 5) is 21.6. The number of aliphatic hydroxyl groups is 1. The Morgan fingerprint density at radius 3 is 2.61 bits per heavy atom. The van der Waals surface area contributed by atoms with Gasteiger partial charge in [0.15, 0.2) is 11.4 Å². The van der Waals surface area contributed by atoms with E-state index in [4.69, 9.17) is 10.5 Å². The molecule has 156 valence electrons. The normalized spacial score (nSPS) is 14.6. The second-order valence-corrected chi connectivity index (χ2v) is 8.69. The third-order valence-electron chi connectivity index (χ3n) is 4.82. The minimum Gasteiger partial charge on any atom is -0.395 e. The zero-order chi connectivity index (χ0) is 21.1. The molecule has 0 radical (unpaired) electrons. The van der Waals surface area contributed by atoms with Gasteiger partial charge in [-0.1, -0.05) is 20.8 Å². The minimum absolute atomic E-state index is 0.0147. The van der Waals surface area contributed by atoms with E-state index in [0.29, 0.717) is 25.0 Å². The first-order chi connectivity index (χ1) is 13.0. The van der Waals surface area contributed by atoms with Gasteiger partial charge in [0.05, 0.1) is 31.1 Å². The molecule has 0 fully saturated rings. The van der Waals surface area contributed by atoms with Gasteiger partial charge in [-0.15, -0.1) is 0 Å². The van der Waals surface area contributed by atoms with Crippen molar-refractivity contribution in [1.82, 2.24) is 14.5 Å². The maximum Gasteiger partial charge on any atom is 0.182 e. The molecule has 2 rings (SSSR count). The number of aliphatic hydroxyl groups excluding tert-OH is 1. The molecule has 7 heteroatoms. The molecule has 7 nitrogen and oxygen atoms in total. The van der Waals surface area contributed by atoms with Gasteiger partial charge in [0.2, 0.25) is 0 Å². The highest BCUT2D eigenvalue weighted by molar-refractivity contribution is 5.95. The fraction of sp³-hybridized carbons (Fsp3) is 0.667. The van der Waals surface area contributed by atoms with Crippen molar-refractivity contribution in [1.29, 1.82) is 0 Å². The lowest BCUT2D eigenvalue weighted by molar-refractivity contribution is -0.0217. The van der Waals surface area contributed by atoms with E-state index < -0.39 is 6.04 Å². The summed E-state index contributed by atoms with van der Waals surface area (Å²) in [6, 6.07) is 1.58. The summed E-state index contributed by atoms with van der Waals surface area (Å²) in [6.07, 6.45) is 2.87. The fourth-order valence-corrected chi connectivity index (χ4v) is 3.37. The Morgan fingerprint density at radius 1 is 1.36 bits per heavy atom. The Bertz CT molecular complexity index is 808. The fourth-order valence-electron chi connectivity index (χ4n) is 3.37. The van der Waals surface area contributed by atoms with Gasteiger partial charge < -0.3 is 20.1 Å². The number of carbonyl (C=O) groups is 1. The summed E-state index contributed by atoms with van der Waals surface area (Å²) in [5.41, 5.74) is 8.91. The van der Waals surface area contributed by atoms with Crippen molar-refractivity contribution in [3.63, 3.8) is 0 Å². The lowest BCUT2D eigenvalue weighted by Crippen LogP contribution is -2.41. The van der Waals surface area contributed by atoms with Crippen LogP contribution in [0.4, 0.5) is 0 Å². The summed E-state index contributed by atoms with van der Waals surface area (Å²) in [5, 5.41) is 9.30. The third kappa shape index (κ3) is 5.37. The van der Waals surface area contributed by atoms with Crippen LogP contribution in [0.25, 0.3) is 11.2 Å². The molecular weight excluding hydrogens is 356 g/mol. The summed E-state index contributed by atoms with van der Waals surface area (Å²) in [6.45, 7) is 10.1. The van der Waals surface area contributed by atoms with Crippen LogP contribution in [0.15, 0.2) is 12.3 Å². The van der Waals surface area contributed by atoms with Gasteiger partial charge in [-0.3, -0.25) is 9.78 Å². The zero-order valence-corrected chi connectivity index (χ0v) is 17.9. The van der Waals surface area contributed by atoms with Crippen LogP contribution in [-0.2, 0) is 17.2 Å². The van der Waals surface area contributed by atoms with Crippen LogP contribution in [0.5, 0.6) is 0 Å². The predicted octanol–water partition coefficient (Wildman–Crippen LogP) is 2.73. The van der Waals surface area contributed by atoms with Crippen LogP contribution in [-0.4, -0.2) is 50.3 Å². The molecule has 0 aliphatic rings. The van der Waals surface area contributed by atoms with Gasteiger partial charge in [0.25, 0.3) is 0 Å². The van der Waals surface area contributed by atoms with Gasteiger partial charge in [0, 0.05) is 24.6 Å². The molecule has 0 aliphatic carbocycles. The van der Waals surface area contributed by atoms with Gasteiger partial charge in [-0.05, 0) is 32.8 Å². The quantitative estimate of drug-likeness (QED) is 0.638. The number of ketones is 1. The van der Waals surface area contributed by atoms with E-state index in [9.17, 15) is 9.90 Å². The van der Waals surface area contributed by atoms with Crippen LogP contribution in [0.3, 0.4) is 0 Å². The monoisotopic (exact) mass is 390 g/mol. The van der Waals surface area contributed by atoms with E-state index in [2.05, 4.69) is 30.7 Å². The number of rotatable bonds is 9. The Morgan fingerprint density at radius 2 is 2.04 bits per heavy atom. The van der Waals surface area contributed by atoms with Crippen LogP contribution >= 0.6 is 0 Å². The molecule has 0 saturated heterocycles. The SMILES string of the molecule is CC(C)O[C@H](CCCC(=O)c1cnc2cc(C(C)(C)C)n(C)c2n1)[C@@H](N)CO. The molecule has 0 bridgehead atoms. The number of carbonyl (C=O) groups excluding carboxylic acids is 1. The van der Waals surface area contributed by atoms with Gasteiger partial charge >= 0.3 is 0 Å². The molecule has 0 aromatic carbocycles. The molecular formula is C21H34N4O3.